The van der Waals surface area contributed by atoms with Gasteiger partial charge >= 0.3 is 0 Å². The highest BCUT2D eigenvalue weighted by molar-refractivity contribution is 7.99. The van der Waals surface area contributed by atoms with E-state index in [1.54, 1.807) is 11.8 Å². The summed E-state index contributed by atoms with van der Waals surface area (Å²) in [6.07, 6.45) is 1.90. The predicted octanol–water partition coefficient (Wildman–Crippen LogP) is 4.08. The fourth-order valence-electron chi connectivity index (χ4n) is 5.19. The van der Waals surface area contributed by atoms with Crippen molar-refractivity contribution < 1.29 is 4.79 Å². The van der Waals surface area contributed by atoms with E-state index in [0.29, 0.717) is 11.2 Å². The topological polar surface area (TPSA) is 55.5 Å². The number of para-hydroxylation sites is 2. The van der Waals surface area contributed by atoms with Gasteiger partial charge in [0.05, 0.1) is 17.1 Å². The van der Waals surface area contributed by atoms with Crippen molar-refractivity contribution in [2.24, 2.45) is 0 Å². The van der Waals surface area contributed by atoms with Crippen LogP contribution in [-0.2, 0) is 11.3 Å². The third-order valence-corrected chi connectivity index (χ3v) is 8.30. The molecule has 34 heavy (non-hydrogen) atoms. The zero-order valence-corrected chi connectivity index (χ0v) is 21.3. The van der Waals surface area contributed by atoms with E-state index < -0.39 is 0 Å². The van der Waals surface area contributed by atoms with Gasteiger partial charge in [-0.25, -0.2) is 4.98 Å². The summed E-state index contributed by atoms with van der Waals surface area (Å²) in [4.78, 5) is 28.9. The van der Waals surface area contributed by atoms with E-state index >= 15 is 0 Å². The SMILES string of the molecule is Cc1ccc(C)c(CN2C[C@H](Sc3nc4ccccc4[nH]3)C[C@H]2C(=O)N2CCCN(C)CC2)c1. The van der Waals surface area contributed by atoms with Crippen LogP contribution in [0.3, 0.4) is 0 Å². The molecule has 2 aliphatic rings. The summed E-state index contributed by atoms with van der Waals surface area (Å²) in [6.45, 7) is 9.71. The smallest absolute Gasteiger partial charge is 0.240 e. The number of H-pyrrole nitrogens is 1. The van der Waals surface area contributed by atoms with Gasteiger partial charge in [0.15, 0.2) is 5.16 Å². The molecule has 1 amide bonds. The first-order valence-corrected chi connectivity index (χ1v) is 13.2. The standard InChI is InChI=1S/C27H35N5OS/c1-19-9-10-20(2)21(15-19)17-32-18-22(34-27-28-23-7-4-5-8-24(23)29-27)16-25(32)26(33)31-12-6-11-30(3)13-14-31/h4-5,7-10,15,22,25H,6,11-14,16-18H2,1-3H3,(H,28,29)/t22-,25+/m1/s1. The fraction of sp³-hybridized carbons (Fsp3) is 0.481. The van der Waals surface area contributed by atoms with E-state index in [1.807, 2.05) is 18.2 Å². The summed E-state index contributed by atoms with van der Waals surface area (Å²) in [5.74, 6) is 0.299. The summed E-state index contributed by atoms with van der Waals surface area (Å²) in [5.41, 5.74) is 5.95. The average Bonchev–Trinajstić information content (AvgIpc) is 3.34. The number of amides is 1. The van der Waals surface area contributed by atoms with Crippen LogP contribution in [0.4, 0.5) is 0 Å². The number of rotatable bonds is 5. The summed E-state index contributed by atoms with van der Waals surface area (Å²) in [5, 5.41) is 1.27. The molecule has 2 aliphatic heterocycles. The van der Waals surface area contributed by atoms with Crippen LogP contribution >= 0.6 is 11.8 Å². The van der Waals surface area contributed by atoms with E-state index in [4.69, 9.17) is 4.98 Å². The molecule has 1 N–H and O–H groups in total. The lowest BCUT2D eigenvalue weighted by Crippen LogP contribution is -2.46. The molecule has 7 heteroatoms. The first-order valence-electron chi connectivity index (χ1n) is 12.3. The first kappa shape index (κ1) is 23.4. The second kappa shape index (κ2) is 10.1. The zero-order valence-electron chi connectivity index (χ0n) is 20.5. The number of hydrogen-bond acceptors (Lipinski definition) is 5. The van der Waals surface area contributed by atoms with Crippen molar-refractivity contribution in [2.45, 2.75) is 49.7 Å². The Balaban J connectivity index is 1.36. The number of aryl methyl sites for hydroxylation is 2. The van der Waals surface area contributed by atoms with Crippen molar-refractivity contribution in [3.63, 3.8) is 0 Å². The maximum absolute atomic E-state index is 13.8. The minimum absolute atomic E-state index is 0.0785. The number of nitrogens with zero attached hydrogens (tertiary/aromatic N) is 4. The van der Waals surface area contributed by atoms with Gasteiger partial charge in [0, 0.05) is 38.0 Å². The van der Waals surface area contributed by atoms with Crippen LogP contribution in [0.15, 0.2) is 47.6 Å². The summed E-state index contributed by atoms with van der Waals surface area (Å²) >= 11 is 1.78. The number of fused-ring (bicyclic) bond motifs is 1. The van der Waals surface area contributed by atoms with Crippen molar-refractivity contribution in [2.75, 3.05) is 39.8 Å². The lowest BCUT2D eigenvalue weighted by atomic mass is 10.0. The number of thioether (sulfide) groups is 1. The van der Waals surface area contributed by atoms with E-state index in [0.717, 1.165) is 68.3 Å². The number of hydrogen-bond donors (Lipinski definition) is 1. The molecule has 2 atom stereocenters. The van der Waals surface area contributed by atoms with Crippen LogP contribution in [-0.4, -0.2) is 81.6 Å². The summed E-state index contributed by atoms with van der Waals surface area (Å²) in [7, 11) is 2.15. The van der Waals surface area contributed by atoms with E-state index in [1.165, 1.54) is 16.7 Å². The van der Waals surface area contributed by atoms with Crippen molar-refractivity contribution in [3.8, 4) is 0 Å². The largest absolute Gasteiger partial charge is 0.340 e. The molecule has 2 aromatic carbocycles. The van der Waals surface area contributed by atoms with Crippen LogP contribution in [0.25, 0.3) is 11.0 Å². The minimum atomic E-state index is -0.0785. The van der Waals surface area contributed by atoms with Crippen molar-refractivity contribution in [1.29, 1.82) is 0 Å². The van der Waals surface area contributed by atoms with Gasteiger partial charge < -0.3 is 14.8 Å². The molecule has 0 unspecified atom stereocenters. The van der Waals surface area contributed by atoms with E-state index in [-0.39, 0.29) is 6.04 Å². The Bertz CT molecular complexity index is 1130. The van der Waals surface area contributed by atoms with Crippen molar-refractivity contribution in [3.05, 3.63) is 59.2 Å². The highest BCUT2D eigenvalue weighted by atomic mass is 32.2. The van der Waals surface area contributed by atoms with Gasteiger partial charge in [0.1, 0.15) is 0 Å². The number of carbonyl (C=O) groups excluding carboxylic acids is 1. The molecule has 3 aromatic rings. The van der Waals surface area contributed by atoms with Crippen molar-refractivity contribution in [1.82, 2.24) is 24.7 Å². The Morgan fingerprint density at radius 2 is 1.97 bits per heavy atom. The number of aromatic nitrogens is 2. The molecule has 5 rings (SSSR count). The third-order valence-electron chi connectivity index (χ3n) is 7.21. The average molecular weight is 478 g/mol. The van der Waals surface area contributed by atoms with Gasteiger partial charge in [-0.2, -0.15) is 0 Å². The highest BCUT2D eigenvalue weighted by Gasteiger charge is 2.40. The second-order valence-electron chi connectivity index (χ2n) is 9.89. The highest BCUT2D eigenvalue weighted by Crippen LogP contribution is 2.34. The van der Waals surface area contributed by atoms with Crippen molar-refractivity contribution >= 4 is 28.7 Å². The molecule has 180 valence electrons. The molecular formula is C27H35N5OS. The molecule has 0 bridgehead atoms. The van der Waals surface area contributed by atoms with Gasteiger partial charge in [0.25, 0.3) is 0 Å². The number of benzene rings is 2. The Morgan fingerprint density at radius 3 is 2.82 bits per heavy atom. The lowest BCUT2D eigenvalue weighted by Gasteiger charge is -2.30. The molecule has 0 aliphatic carbocycles. The Hall–Kier alpha value is -2.35. The predicted molar refractivity (Wildman–Crippen MR) is 139 cm³/mol. The number of likely N-dealkylation sites (N-methyl/N-ethyl adjacent to an activating group) is 1. The lowest BCUT2D eigenvalue weighted by molar-refractivity contribution is -0.136. The van der Waals surface area contributed by atoms with Crippen LogP contribution < -0.4 is 0 Å². The molecule has 3 heterocycles. The molecule has 0 spiro atoms. The molecule has 0 saturated carbocycles. The Kier molecular flexibility index (Phi) is 6.95. The monoisotopic (exact) mass is 477 g/mol. The minimum Gasteiger partial charge on any atom is -0.340 e. The zero-order chi connectivity index (χ0) is 23.7. The summed E-state index contributed by atoms with van der Waals surface area (Å²) in [6, 6.07) is 14.7. The van der Waals surface area contributed by atoms with Crippen LogP contribution in [0.1, 0.15) is 29.5 Å². The molecule has 2 saturated heterocycles. The van der Waals surface area contributed by atoms with E-state index in [2.05, 4.69) is 64.8 Å². The molecule has 6 nitrogen and oxygen atoms in total. The number of aromatic amines is 1. The Labute approximate surface area is 206 Å². The number of nitrogens with one attached hydrogen (secondary N) is 1. The number of carbonyl (C=O) groups is 1. The molecule has 0 radical (unpaired) electrons. The van der Waals surface area contributed by atoms with Gasteiger partial charge in [-0.15, -0.1) is 0 Å². The number of imidazole rings is 1. The van der Waals surface area contributed by atoms with Gasteiger partial charge in [-0.3, -0.25) is 9.69 Å². The molecule has 2 fully saturated rings. The van der Waals surface area contributed by atoms with Gasteiger partial charge in [-0.1, -0.05) is 47.7 Å². The van der Waals surface area contributed by atoms with E-state index in [9.17, 15) is 4.79 Å². The third kappa shape index (κ3) is 5.16. The fourth-order valence-corrected chi connectivity index (χ4v) is 6.37. The first-order chi connectivity index (χ1) is 16.5. The van der Waals surface area contributed by atoms with Crippen LogP contribution in [0, 0.1) is 13.8 Å². The maximum Gasteiger partial charge on any atom is 0.240 e. The second-order valence-corrected chi connectivity index (χ2v) is 11.2. The van der Waals surface area contributed by atoms with Crippen LogP contribution in [0.5, 0.6) is 0 Å². The maximum atomic E-state index is 13.8. The van der Waals surface area contributed by atoms with Crippen LogP contribution in [0.2, 0.25) is 0 Å². The van der Waals surface area contributed by atoms with Gasteiger partial charge in [-0.05, 0) is 63.5 Å². The quantitative estimate of drug-likeness (QED) is 0.600. The summed E-state index contributed by atoms with van der Waals surface area (Å²) < 4.78 is 0. The Morgan fingerprint density at radius 1 is 1.12 bits per heavy atom. The number of likely N-dealkylation sites (tertiary alicyclic amines) is 1. The molecular weight excluding hydrogens is 442 g/mol. The normalized spacial score (nSPS) is 22.4. The molecule has 1 aromatic heterocycles. The van der Waals surface area contributed by atoms with Gasteiger partial charge in [0.2, 0.25) is 5.91 Å².